The fourth-order valence-electron chi connectivity index (χ4n) is 3.35. The Kier molecular flexibility index (Phi) is 7.92. The number of hydrogen-bond donors (Lipinski definition) is 2. The summed E-state index contributed by atoms with van der Waals surface area (Å²) in [4.78, 5) is 27.1. The molecule has 1 fully saturated rings. The molecule has 1 heterocycles. The third-order valence-corrected chi connectivity index (χ3v) is 4.83. The number of hydrogen-bond acceptors (Lipinski definition) is 3. The van der Waals surface area contributed by atoms with Gasteiger partial charge in [0.05, 0.1) is 6.42 Å². The number of rotatable bonds is 9. The van der Waals surface area contributed by atoms with E-state index in [0.717, 1.165) is 25.1 Å². The van der Waals surface area contributed by atoms with Crippen LogP contribution in [-0.4, -0.2) is 48.4 Å². The van der Waals surface area contributed by atoms with Crippen molar-refractivity contribution in [2.24, 2.45) is 0 Å². The van der Waals surface area contributed by atoms with Gasteiger partial charge in [0.25, 0.3) is 0 Å². The van der Waals surface area contributed by atoms with E-state index in [-0.39, 0.29) is 11.8 Å². The van der Waals surface area contributed by atoms with Crippen LogP contribution in [0.4, 0.5) is 0 Å². The molecule has 1 aromatic carbocycles. The van der Waals surface area contributed by atoms with Crippen molar-refractivity contribution in [1.29, 1.82) is 0 Å². The Hall–Kier alpha value is -1.88. The standard InChI is InChI=1S/C20H31N3O2/c1-3-8-18(22-19(24)15-17-10-5-4-6-11-17)20(25)21-12-14-23-13-7-9-16(23)2/h4-6,10-11,16,18H,3,7-9,12-15H2,1-2H3,(H,21,25)(H,22,24)/t16-,18-/m1/s1. The quantitative estimate of drug-likeness (QED) is 0.721. The van der Waals surface area contributed by atoms with Crippen LogP contribution in [0, 0.1) is 0 Å². The molecule has 1 aromatic rings. The van der Waals surface area contributed by atoms with Crippen molar-refractivity contribution in [2.75, 3.05) is 19.6 Å². The third-order valence-electron chi connectivity index (χ3n) is 4.83. The van der Waals surface area contributed by atoms with Gasteiger partial charge < -0.3 is 10.6 Å². The maximum atomic E-state index is 12.4. The van der Waals surface area contributed by atoms with Gasteiger partial charge in [-0.2, -0.15) is 0 Å². The van der Waals surface area contributed by atoms with E-state index in [4.69, 9.17) is 0 Å². The second kappa shape index (κ2) is 10.2. The van der Waals surface area contributed by atoms with E-state index in [1.807, 2.05) is 37.3 Å². The molecule has 2 atom stereocenters. The highest BCUT2D eigenvalue weighted by atomic mass is 16.2. The van der Waals surface area contributed by atoms with E-state index in [1.165, 1.54) is 12.8 Å². The summed E-state index contributed by atoms with van der Waals surface area (Å²) in [6.45, 7) is 6.89. The van der Waals surface area contributed by atoms with Crippen LogP contribution < -0.4 is 10.6 Å². The van der Waals surface area contributed by atoms with Crippen molar-refractivity contribution in [2.45, 2.75) is 58.0 Å². The van der Waals surface area contributed by atoms with Crippen LogP contribution in [-0.2, 0) is 16.0 Å². The van der Waals surface area contributed by atoms with Crippen LogP contribution in [0.5, 0.6) is 0 Å². The molecular weight excluding hydrogens is 314 g/mol. The fourth-order valence-corrected chi connectivity index (χ4v) is 3.35. The van der Waals surface area contributed by atoms with Crippen LogP contribution in [0.1, 0.15) is 45.1 Å². The van der Waals surface area contributed by atoms with Crippen LogP contribution in [0.3, 0.4) is 0 Å². The first-order valence-corrected chi connectivity index (χ1v) is 9.45. The molecule has 0 unspecified atom stereocenters. The van der Waals surface area contributed by atoms with Crippen LogP contribution in [0.2, 0.25) is 0 Å². The number of nitrogens with one attached hydrogen (secondary N) is 2. The summed E-state index contributed by atoms with van der Waals surface area (Å²) in [5, 5.41) is 5.88. The zero-order chi connectivity index (χ0) is 18.1. The normalized spacial score (nSPS) is 18.7. The van der Waals surface area contributed by atoms with Gasteiger partial charge in [0.2, 0.25) is 11.8 Å². The lowest BCUT2D eigenvalue weighted by Crippen LogP contribution is -2.48. The Morgan fingerprint density at radius 2 is 2.04 bits per heavy atom. The first-order valence-electron chi connectivity index (χ1n) is 9.45. The molecule has 5 nitrogen and oxygen atoms in total. The summed E-state index contributed by atoms with van der Waals surface area (Å²) in [5.41, 5.74) is 0.957. The lowest BCUT2D eigenvalue weighted by Gasteiger charge is -2.22. The highest BCUT2D eigenvalue weighted by Crippen LogP contribution is 2.15. The molecule has 1 aliphatic rings. The van der Waals surface area contributed by atoms with E-state index in [2.05, 4.69) is 22.5 Å². The average Bonchev–Trinajstić information content (AvgIpc) is 3.00. The first kappa shape index (κ1) is 19.4. The van der Waals surface area contributed by atoms with Gasteiger partial charge >= 0.3 is 0 Å². The molecule has 2 amide bonds. The van der Waals surface area contributed by atoms with E-state index in [9.17, 15) is 9.59 Å². The molecule has 0 saturated carbocycles. The largest absolute Gasteiger partial charge is 0.353 e. The van der Waals surface area contributed by atoms with Gasteiger partial charge in [-0.1, -0.05) is 43.7 Å². The van der Waals surface area contributed by atoms with Crippen molar-refractivity contribution in [3.05, 3.63) is 35.9 Å². The predicted octanol–water partition coefficient (Wildman–Crippen LogP) is 2.11. The SMILES string of the molecule is CCC[C@@H](NC(=O)Cc1ccccc1)C(=O)NCCN1CCC[C@H]1C. The summed E-state index contributed by atoms with van der Waals surface area (Å²) in [6, 6.07) is 9.76. The third kappa shape index (κ3) is 6.50. The first-order chi connectivity index (χ1) is 12.1. The maximum absolute atomic E-state index is 12.4. The van der Waals surface area contributed by atoms with E-state index in [0.29, 0.717) is 25.4 Å². The molecule has 0 radical (unpaired) electrons. The minimum Gasteiger partial charge on any atom is -0.353 e. The molecule has 1 aliphatic heterocycles. The Labute approximate surface area is 151 Å². The number of amides is 2. The summed E-state index contributed by atoms with van der Waals surface area (Å²) in [6.07, 6.45) is 4.30. The number of carbonyl (C=O) groups excluding carboxylic acids is 2. The molecule has 5 heteroatoms. The molecule has 0 aromatic heterocycles. The molecular formula is C20H31N3O2. The van der Waals surface area contributed by atoms with Crippen LogP contribution >= 0.6 is 0 Å². The van der Waals surface area contributed by atoms with Crippen LogP contribution in [0.25, 0.3) is 0 Å². The van der Waals surface area contributed by atoms with Gasteiger partial charge in [-0.15, -0.1) is 0 Å². The Morgan fingerprint density at radius 3 is 2.68 bits per heavy atom. The molecule has 0 bridgehead atoms. The number of carbonyl (C=O) groups is 2. The Bertz CT molecular complexity index is 547. The zero-order valence-electron chi connectivity index (χ0n) is 15.5. The summed E-state index contributed by atoms with van der Waals surface area (Å²) in [7, 11) is 0. The zero-order valence-corrected chi connectivity index (χ0v) is 15.5. The van der Waals surface area contributed by atoms with Gasteiger partial charge in [0, 0.05) is 19.1 Å². The van der Waals surface area contributed by atoms with Gasteiger partial charge in [-0.3, -0.25) is 14.5 Å². The maximum Gasteiger partial charge on any atom is 0.242 e. The fraction of sp³-hybridized carbons (Fsp3) is 0.600. The monoisotopic (exact) mass is 345 g/mol. The van der Waals surface area contributed by atoms with E-state index >= 15 is 0 Å². The van der Waals surface area contributed by atoms with Gasteiger partial charge in [-0.25, -0.2) is 0 Å². The number of nitrogens with zero attached hydrogens (tertiary/aromatic N) is 1. The second-order valence-electron chi connectivity index (χ2n) is 6.89. The molecule has 1 saturated heterocycles. The Morgan fingerprint density at radius 1 is 1.28 bits per heavy atom. The number of likely N-dealkylation sites (tertiary alicyclic amines) is 1. The van der Waals surface area contributed by atoms with Gasteiger partial charge in [-0.05, 0) is 38.3 Å². The summed E-state index contributed by atoms with van der Waals surface area (Å²) >= 11 is 0. The van der Waals surface area contributed by atoms with E-state index in [1.54, 1.807) is 0 Å². The second-order valence-corrected chi connectivity index (χ2v) is 6.89. The van der Waals surface area contributed by atoms with Gasteiger partial charge in [0.15, 0.2) is 0 Å². The Balaban J connectivity index is 1.77. The van der Waals surface area contributed by atoms with Crippen molar-refractivity contribution in [3.8, 4) is 0 Å². The molecule has 25 heavy (non-hydrogen) atoms. The molecule has 2 N–H and O–H groups in total. The van der Waals surface area contributed by atoms with Crippen molar-refractivity contribution in [3.63, 3.8) is 0 Å². The number of benzene rings is 1. The minimum atomic E-state index is -0.447. The molecule has 0 spiro atoms. The highest BCUT2D eigenvalue weighted by Gasteiger charge is 2.22. The molecule has 0 aliphatic carbocycles. The van der Waals surface area contributed by atoms with Gasteiger partial charge in [0.1, 0.15) is 6.04 Å². The smallest absolute Gasteiger partial charge is 0.242 e. The lowest BCUT2D eigenvalue weighted by molar-refractivity contribution is -0.128. The average molecular weight is 345 g/mol. The highest BCUT2D eigenvalue weighted by molar-refractivity contribution is 5.88. The lowest BCUT2D eigenvalue weighted by atomic mass is 10.1. The van der Waals surface area contributed by atoms with Crippen LogP contribution in [0.15, 0.2) is 30.3 Å². The summed E-state index contributed by atoms with van der Waals surface area (Å²) < 4.78 is 0. The molecule has 138 valence electrons. The van der Waals surface area contributed by atoms with Crippen molar-refractivity contribution < 1.29 is 9.59 Å². The molecule has 2 rings (SSSR count). The topological polar surface area (TPSA) is 61.4 Å². The van der Waals surface area contributed by atoms with Crippen molar-refractivity contribution in [1.82, 2.24) is 15.5 Å². The van der Waals surface area contributed by atoms with Crippen molar-refractivity contribution >= 4 is 11.8 Å². The minimum absolute atomic E-state index is 0.0740. The van der Waals surface area contributed by atoms with E-state index < -0.39 is 6.04 Å². The summed E-state index contributed by atoms with van der Waals surface area (Å²) in [5.74, 6) is -0.178. The predicted molar refractivity (Wildman–Crippen MR) is 100 cm³/mol.